The SMILES string of the molecule is CCC[C@@H](N[C@H](COC)C(C)C)c1ccccc1. The van der Waals surface area contributed by atoms with E-state index >= 15 is 0 Å². The molecule has 0 fully saturated rings. The lowest BCUT2D eigenvalue weighted by atomic mass is 9.98. The van der Waals surface area contributed by atoms with Crippen molar-refractivity contribution in [1.29, 1.82) is 0 Å². The normalized spacial score (nSPS) is 14.7. The van der Waals surface area contributed by atoms with Gasteiger partial charge in [-0.05, 0) is 17.9 Å². The highest BCUT2D eigenvalue weighted by Crippen LogP contribution is 2.20. The summed E-state index contributed by atoms with van der Waals surface area (Å²) in [5.41, 5.74) is 1.38. The van der Waals surface area contributed by atoms with Crippen LogP contribution in [0, 0.1) is 5.92 Å². The fourth-order valence-electron chi connectivity index (χ4n) is 2.19. The van der Waals surface area contributed by atoms with Gasteiger partial charge in [0.05, 0.1) is 6.61 Å². The van der Waals surface area contributed by atoms with Crippen molar-refractivity contribution >= 4 is 0 Å². The van der Waals surface area contributed by atoms with E-state index in [9.17, 15) is 0 Å². The lowest BCUT2D eigenvalue weighted by molar-refractivity contribution is 0.139. The number of hydrogen-bond donors (Lipinski definition) is 1. The Morgan fingerprint density at radius 1 is 1.17 bits per heavy atom. The smallest absolute Gasteiger partial charge is 0.0618 e. The summed E-state index contributed by atoms with van der Waals surface area (Å²) in [6.45, 7) is 7.48. The molecule has 0 spiro atoms. The molecule has 0 heterocycles. The molecule has 0 amide bonds. The highest BCUT2D eigenvalue weighted by molar-refractivity contribution is 5.19. The molecule has 0 saturated heterocycles. The first-order chi connectivity index (χ1) is 8.69. The monoisotopic (exact) mass is 249 g/mol. The van der Waals surface area contributed by atoms with Crippen LogP contribution in [0.4, 0.5) is 0 Å². The van der Waals surface area contributed by atoms with Crippen molar-refractivity contribution in [2.24, 2.45) is 5.92 Å². The van der Waals surface area contributed by atoms with Gasteiger partial charge in [-0.25, -0.2) is 0 Å². The molecule has 0 aliphatic rings. The van der Waals surface area contributed by atoms with Crippen LogP contribution >= 0.6 is 0 Å². The van der Waals surface area contributed by atoms with E-state index in [1.165, 1.54) is 12.0 Å². The maximum absolute atomic E-state index is 5.32. The molecular weight excluding hydrogens is 222 g/mol. The fraction of sp³-hybridized carbons (Fsp3) is 0.625. The van der Waals surface area contributed by atoms with Crippen molar-refractivity contribution in [2.75, 3.05) is 13.7 Å². The first kappa shape index (κ1) is 15.2. The lowest BCUT2D eigenvalue weighted by Crippen LogP contribution is -2.40. The van der Waals surface area contributed by atoms with E-state index in [4.69, 9.17) is 4.74 Å². The fourth-order valence-corrected chi connectivity index (χ4v) is 2.19. The van der Waals surface area contributed by atoms with Crippen molar-refractivity contribution in [3.8, 4) is 0 Å². The number of nitrogens with one attached hydrogen (secondary N) is 1. The van der Waals surface area contributed by atoms with Crippen LogP contribution in [0.25, 0.3) is 0 Å². The molecule has 1 aromatic carbocycles. The summed E-state index contributed by atoms with van der Waals surface area (Å²) in [5.74, 6) is 0.577. The minimum atomic E-state index is 0.409. The quantitative estimate of drug-likeness (QED) is 0.757. The Morgan fingerprint density at radius 3 is 2.33 bits per heavy atom. The first-order valence-electron chi connectivity index (χ1n) is 6.99. The second kappa shape index (κ2) is 8.28. The summed E-state index contributed by atoms with van der Waals surface area (Å²) in [5, 5.41) is 3.75. The van der Waals surface area contributed by atoms with Crippen LogP contribution in [0.15, 0.2) is 30.3 Å². The van der Waals surface area contributed by atoms with E-state index in [2.05, 4.69) is 56.4 Å². The summed E-state index contributed by atoms with van der Waals surface area (Å²) >= 11 is 0. The van der Waals surface area contributed by atoms with E-state index in [0.717, 1.165) is 13.0 Å². The minimum absolute atomic E-state index is 0.409. The second-order valence-corrected chi connectivity index (χ2v) is 5.22. The highest BCUT2D eigenvalue weighted by atomic mass is 16.5. The number of hydrogen-bond acceptors (Lipinski definition) is 2. The molecule has 0 aliphatic carbocycles. The first-order valence-corrected chi connectivity index (χ1v) is 6.99. The van der Waals surface area contributed by atoms with E-state index in [-0.39, 0.29) is 0 Å². The molecule has 1 aromatic rings. The lowest BCUT2D eigenvalue weighted by Gasteiger charge is -2.28. The zero-order valence-corrected chi connectivity index (χ0v) is 12.1. The molecule has 0 saturated carbocycles. The predicted octanol–water partition coefficient (Wildman–Crippen LogP) is 3.79. The Balaban J connectivity index is 2.72. The van der Waals surface area contributed by atoms with Gasteiger partial charge in [0, 0.05) is 19.2 Å². The predicted molar refractivity (Wildman–Crippen MR) is 77.7 cm³/mol. The number of methoxy groups -OCH3 is 1. The van der Waals surface area contributed by atoms with Crippen molar-refractivity contribution in [1.82, 2.24) is 5.32 Å². The average Bonchev–Trinajstić information content (AvgIpc) is 2.38. The summed E-state index contributed by atoms with van der Waals surface area (Å²) in [7, 11) is 1.77. The Bertz CT molecular complexity index is 310. The standard InChI is InChI=1S/C16H27NO/c1-5-9-15(14-10-7-6-8-11-14)17-16(12-18-4)13(2)3/h6-8,10-11,13,15-17H,5,9,12H2,1-4H3/t15-,16-/m1/s1. The Morgan fingerprint density at radius 2 is 1.83 bits per heavy atom. The Labute approximate surface area is 112 Å². The third kappa shape index (κ3) is 4.79. The third-order valence-corrected chi connectivity index (χ3v) is 3.35. The zero-order chi connectivity index (χ0) is 13.4. The van der Waals surface area contributed by atoms with Crippen molar-refractivity contribution in [2.45, 2.75) is 45.7 Å². The summed E-state index contributed by atoms with van der Waals surface area (Å²) < 4.78 is 5.32. The molecule has 1 rings (SSSR count). The van der Waals surface area contributed by atoms with E-state index < -0.39 is 0 Å². The molecule has 1 N–H and O–H groups in total. The van der Waals surface area contributed by atoms with Crippen molar-refractivity contribution < 1.29 is 4.74 Å². The molecule has 0 aliphatic heterocycles. The van der Waals surface area contributed by atoms with Gasteiger partial charge in [-0.2, -0.15) is 0 Å². The van der Waals surface area contributed by atoms with Gasteiger partial charge >= 0.3 is 0 Å². The molecule has 0 radical (unpaired) electrons. The summed E-state index contributed by atoms with van der Waals surface area (Å²) in [4.78, 5) is 0. The molecular formula is C16H27NO. The maximum atomic E-state index is 5.32. The third-order valence-electron chi connectivity index (χ3n) is 3.35. The molecule has 0 unspecified atom stereocenters. The van der Waals surface area contributed by atoms with Crippen LogP contribution in [0.5, 0.6) is 0 Å². The van der Waals surface area contributed by atoms with Gasteiger partial charge in [-0.1, -0.05) is 57.5 Å². The van der Waals surface area contributed by atoms with E-state index in [1.54, 1.807) is 7.11 Å². The van der Waals surface area contributed by atoms with Crippen LogP contribution in [-0.4, -0.2) is 19.8 Å². The number of ether oxygens (including phenoxy) is 1. The van der Waals surface area contributed by atoms with Crippen LogP contribution in [0.3, 0.4) is 0 Å². The van der Waals surface area contributed by atoms with Crippen LogP contribution in [-0.2, 0) is 4.74 Å². The number of rotatable bonds is 8. The van der Waals surface area contributed by atoms with Gasteiger partial charge in [-0.15, -0.1) is 0 Å². The Kier molecular flexibility index (Phi) is 6.99. The van der Waals surface area contributed by atoms with Crippen molar-refractivity contribution in [3.63, 3.8) is 0 Å². The van der Waals surface area contributed by atoms with Crippen LogP contribution < -0.4 is 5.32 Å². The molecule has 2 heteroatoms. The second-order valence-electron chi connectivity index (χ2n) is 5.22. The van der Waals surface area contributed by atoms with Gasteiger partial charge in [0.25, 0.3) is 0 Å². The van der Waals surface area contributed by atoms with Crippen molar-refractivity contribution in [3.05, 3.63) is 35.9 Å². The Hall–Kier alpha value is -0.860. The van der Waals surface area contributed by atoms with Gasteiger partial charge in [0.1, 0.15) is 0 Å². The highest BCUT2D eigenvalue weighted by Gasteiger charge is 2.18. The maximum Gasteiger partial charge on any atom is 0.0618 e. The number of benzene rings is 1. The molecule has 18 heavy (non-hydrogen) atoms. The van der Waals surface area contributed by atoms with Gasteiger partial charge in [0.15, 0.2) is 0 Å². The van der Waals surface area contributed by atoms with E-state index in [0.29, 0.717) is 18.0 Å². The van der Waals surface area contributed by atoms with Gasteiger partial charge in [-0.3, -0.25) is 0 Å². The van der Waals surface area contributed by atoms with Gasteiger partial charge in [0.2, 0.25) is 0 Å². The van der Waals surface area contributed by atoms with Crippen LogP contribution in [0.2, 0.25) is 0 Å². The topological polar surface area (TPSA) is 21.3 Å². The molecule has 0 bridgehead atoms. The zero-order valence-electron chi connectivity index (χ0n) is 12.1. The molecule has 0 aromatic heterocycles. The van der Waals surface area contributed by atoms with Gasteiger partial charge < -0.3 is 10.1 Å². The summed E-state index contributed by atoms with van der Waals surface area (Å²) in [6.07, 6.45) is 2.35. The summed E-state index contributed by atoms with van der Waals surface area (Å²) in [6, 6.07) is 11.5. The van der Waals surface area contributed by atoms with E-state index in [1.807, 2.05) is 0 Å². The van der Waals surface area contributed by atoms with Crippen LogP contribution in [0.1, 0.15) is 45.2 Å². The minimum Gasteiger partial charge on any atom is -0.383 e. The largest absolute Gasteiger partial charge is 0.383 e. The average molecular weight is 249 g/mol. The molecule has 2 atom stereocenters. The molecule has 102 valence electrons. The molecule has 2 nitrogen and oxygen atoms in total.